The first-order chi connectivity index (χ1) is 20.3. The van der Waals surface area contributed by atoms with Crippen LogP contribution in [0.2, 0.25) is 0 Å². The normalized spacial score (nSPS) is 12.0. The highest BCUT2D eigenvalue weighted by molar-refractivity contribution is 7.88. The highest BCUT2D eigenvalue weighted by atomic mass is 32.2. The van der Waals surface area contributed by atoms with Crippen molar-refractivity contribution in [2.75, 3.05) is 21.3 Å². The van der Waals surface area contributed by atoms with Crippen molar-refractivity contribution in [3.05, 3.63) is 115 Å². The maximum Gasteiger partial charge on any atom is 0.295 e. The monoisotopic (exact) mass is 598 g/mol. The average Bonchev–Trinajstić information content (AvgIpc) is 3.01. The molecule has 5 aromatic rings. The molecule has 1 atom stereocenters. The number of benzene rings is 5. The number of hydrogen-bond acceptors (Lipinski definition) is 5. The van der Waals surface area contributed by atoms with E-state index in [1.807, 2.05) is 91.9 Å². The zero-order valence-electron chi connectivity index (χ0n) is 23.7. The van der Waals surface area contributed by atoms with Crippen molar-refractivity contribution in [3.63, 3.8) is 0 Å². The highest BCUT2D eigenvalue weighted by Crippen LogP contribution is 2.46. The Morgan fingerprint density at radius 2 is 0.976 bits per heavy atom. The fourth-order valence-electron chi connectivity index (χ4n) is 5.28. The van der Waals surface area contributed by atoms with E-state index in [4.69, 9.17) is 14.2 Å². The zero-order chi connectivity index (χ0) is 29.9. The molecule has 5 rings (SSSR count). The lowest BCUT2D eigenvalue weighted by Gasteiger charge is -2.27. The van der Waals surface area contributed by atoms with Gasteiger partial charge in [0.1, 0.15) is 22.1 Å². The van der Waals surface area contributed by atoms with Crippen molar-refractivity contribution < 1.29 is 27.2 Å². The molecule has 0 saturated heterocycles. The molecule has 0 bridgehead atoms. The maximum atomic E-state index is 12.8. The van der Waals surface area contributed by atoms with Gasteiger partial charge >= 0.3 is 0 Å². The van der Waals surface area contributed by atoms with Gasteiger partial charge < -0.3 is 14.2 Å². The number of methoxy groups -OCH3 is 3. The molecule has 5 aromatic carbocycles. The second-order valence-electron chi connectivity index (χ2n) is 9.50. The molecular formula is C34H31O6PS. The number of rotatable bonds is 9. The Labute approximate surface area is 248 Å². The lowest BCUT2D eigenvalue weighted by molar-refractivity contribution is 0.397. The van der Waals surface area contributed by atoms with Gasteiger partial charge in [-0.1, -0.05) is 84.9 Å². The molecule has 0 aliphatic rings. The number of ether oxygens (including phenoxy) is 3. The minimum atomic E-state index is -4.55. The van der Waals surface area contributed by atoms with Crippen LogP contribution in [-0.2, 0) is 10.1 Å². The molecule has 0 aliphatic carbocycles. The Morgan fingerprint density at radius 3 is 1.50 bits per heavy atom. The molecule has 0 amide bonds. The molecule has 0 radical (unpaired) electrons. The molecule has 0 aliphatic heterocycles. The molecule has 0 aromatic heterocycles. The summed E-state index contributed by atoms with van der Waals surface area (Å²) in [5, 5.41) is 2.26. The largest absolute Gasteiger partial charge is 0.496 e. The Hall–Kier alpha value is -4.16. The molecule has 6 nitrogen and oxygen atoms in total. The molecule has 0 fully saturated rings. The average molecular weight is 599 g/mol. The van der Waals surface area contributed by atoms with Crippen molar-refractivity contribution in [2.24, 2.45) is 0 Å². The van der Waals surface area contributed by atoms with E-state index >= 15 is 0 Å². The van der Waals surface area contributed by atoms with Gasteiger partial charge in [0.2, 0.25) is 0 Å². The summed E-state index contributed by atoms with van der Waals surface area (Å²) >= 11 is 0. The Bertz CT molecular complexity index is 1830. The van der Waals surface area contributed by atoms with Crippen molar-refractivity contribution in [1.29, 1.82) is 0 Å². The minimum Gasteiger partial charge on any atom is -0.496 e. The molecule has 0 saturated carbocycles. The van der Waals surface area contributed by atoms with Gasteiger partial charge in [-0.3, -0.25) is 4.55 Å². The fraction of sp³-hybridized carbons (Fsp3) is 0.118. The third-order valence-corrected chi connectivity index (χ3v) is 10.8. The van der Waals surface area contributed by atoms with Gasteiger partial charge in [-0.2, -0.15) is 8.42 Å². The first-order valence-electron chi connectivity index (χ1n) is 13.2. The van der Waals surface area contributed by atoms with Crippen LogP contribution in [0.4, 0.5) is 0 Å². The van der Waals surface area contributed by atoms with Gasteiger partial charge in [-0.25, -0.2) is 0 Å². The van der Waals surface area contributed by atoms with E-state index in [9.17, 15) is 13.0 Å². The molecule has 1 N–H and O–H groups in total. The molecule has 8 heteroatoms. The van der Waals surface area contributed by atoms with Crippen LogP contribution in [0.15, 0.2) is 114 Å². The highest BCUT2D eigenvalue weighted by Gasteiger charge is 2.30. The Balaban J connectivity index is 1.93. The lowest BCUT2D eigenvalue weighted by Crippen LogP contribution is -2.27. The minimum absolute atomic E-state index is 0.135. The van der Waals surface area contributed by atoms with Crippen LogP contribution in [0.1, 0.15) is 5.56 Å². The second-order valence-corrected chi connectivity index (χ2v) is 13.0. The first-order valence-corrected chi connectivity index (χ1v) is 16.0. The molecule has 42 heavy (non-hydrogen) atoms. The van der Waals surface area contributed by atoms with E-state index in [-0.39, 0.29) is 4.90 Å². The van der Waals surface area contributed by atoms with Crippen molar-refractivity contribution >= 4 is 34.0 Å². The van der Waals surface area contributed by atoms with Gasteiger partial charge in [0.05, 0.1) is 26.9 Å². The van der Waals surface area contributed by atoms with Gasteiger partial charge in [0.25, 0.3) is 10.1 Å². The molecule has 214 valence electrons. The molecule has 0 heterocycles. The summed E-state index contributed by atoms with van der Waals surface area (Å²) in [5.41, 5.74) is 4.42. The summed E-state index contributed by atoms with van der Waals surface area (Å²) in [7, 11) is -1.29. The summed E-state index contributed by atoms with van der Waals surface area (Å²) in [6.07, 6.45) is 0. The van der Waals surface area contributed by atoms with Crippen LogP contribution in [0.25, 0.3) is 22.3 Å². The van der Waals surface area contributed by atoms with E-state index in [1.54, 1.807) is 39.5 Å². The standard InChI is InChI=1S/C34H31O6PS/c1-23-13-11-16-26(38-2)33(23)24-14-5-7-19-29(24)41(31-21-9-10-22-32(31)42(35,36)37)30-20-8-6-15-25(30)34-27(39-3)17-12-18-28(34)40-4/h5-22H,1-4H3,(H,35,36,37). The lowest BCUT2D eigenvalue weighted by atomic mass is 9.99. The van der Waals surface area contributed by atoms with Crippen molar-refractivity contribution in [3.8, 4) is 39.5 Å². The van der Waals surface area contributed by atoms with Gasteiger partial charge in [0, 0.05) is 10.9 Å². The van der Waals surface area contributed by atoms with E-state index in [0.717, 1.165) is 38.4 Å². The quantitative estimate of drug-likeness (QED) is 0.157. The predicted octanol–water partition coefficient (Wildman–Crippen LogP) is 6.36. The van der Waals surface area contributed by atoms with Crippen molar-refractivity contribution in [2.45, 2.75) is 11.8 Å². The second kappa shape index (κ2) is 12.4. The van der Waals surface area contributed by atoms with E-state index in [1.165, 1.54) is 6.07 Å². The number of hydrogen-bond donors (Lipinski definition) is 1. The molecular weight excluding hydrogens is 567 g/mol. The summed E-state index contributed by atoms with van der Waals surface area (Å²) in [6, 6.07) is 33.9. The third-order valence-electron chi connectivity index (χ3n) is 7.09. The molecule has 0 spiro atoms. The van der Waals surface area contributed by atoms with Gasteiger partial charge in [0.15, 0.2) is 0 Å². The summed E-state index contributed by atoms with van der Waals surface area (Å²) in [6.45, 7) is 2.02. The number of aryl methyl sites for hydroxylation is 1. The van der Waals surface area contributed by atoms with Gasteiger partial charge in [-0.05, 0) is 66.4 Å². The van der Waals surface area contributed by atoms with E-state index in [0.29, 0.717) is 22.6 Å². The summed E-state index contributed by atoms with van der Waals surface area (Å²) in [4.78, 5) is -0.135. The third kappa shape index (κ3) is 5.51. The fourth-order valence-corrected chi connectivity index (χ4v) is 9.12. The first kappa shape index (κ1) is 29.3. The van der Waals surface area contributed by atoms with Gasteiger partial charge in [-0.15, -0.1) is 0 Å². The Kier molecular flexibility index (Phi) is 8.64. The summed E-state index contributed by atoms with van der Waals surface area (Å²) < 4.78 is 53.3. The van der Waals surface area contributed by atoms with Crippen LogP contribution in [0, 0.1) is 6.92 Å². The van der Waals surface area contributed by atoms with E-state index < -0.39 is 18.0 Å². The van der Waals surface area contributed by atoms with Crippen LogP contribution in [0.5, 0.6) is 17.2 Å². The maximum absolute atomic E-state index is 12.8. The van der Waals surface area contributed by atoms with Crippen LogP contribution in [0.3, 0.4) is 0 Å². The van der Waals surface area contributed by atoms with E-state index in [2.05, 4.69) is 0 Å². The topological polar surface area (TPSA) is 82.1 Å². The van der Waals surface area contributed by atoms with Crippen LogP contribution in [-0.4, -0.2) is 34.3 Å². The molecule has 1 unspecified atom stereocenters. The van der Waals surface area contributed by atoms with Crippen molar-refractivity contribution in [1.82, 2.24) is 0 Å². The predicted molar refractivity (Wildman–Crippen MR) is 170 cm³/mol. The van der Waals surface area contributed by atoms with Crippen LogP contribution < -0.4 is 30.1 Å². The SMILES string of the molecule is COc1cccc(C)c1-c1ccccc1P(c1ccccc1-c1c(OC)cccc1OC)c1ccccc1S(=O)(=O)O. The van der Waals surface area contributed by atoms with Crippen LogP contribution >= 0.6 is 7.92 Å². The zero-order valence-corrected chi connectivity index (χ0v) is 25.4. The summed E-state index contributed by atoms with van der Waals surface area (Å²) in [5.74, 6) is 1.95. The smallest absolute Gasteiger partial charge is 0.295 e. The Morgan fingerprint density at radius 1 is 0.548 bits per heavy atom.